The second-order valence-corrected chi connectivity index (χ2v) is 7.44. The third kappa shape index (κ3) is 3.63. The summed E-state index contributed by atoms with van der Waals surface area (Å²) in [7, 11) is 0. The second-order valence-electron chi connectivity index (χ2n) is 7.44. The number of carbonyl (C=O) groups is 1. The van der Waals surface area contributed by atoms with Crippen molar-refractivity contribution in [3.05, 3.63) is 82.5 Å². The SMILES string of the molecule is Cc1ccc(-c2ccc3c(c2)C[C@@H](CNC(=O)c2cccc(C)c2C)O3)nc1. The predicted molar refractivity (Wildman–Crippen MR) is 111 cm³/mol. The molecule has 0 bridgehead atoms. The Bertz CT molecular complexity index is 1030. The van der Waals surface area contributed by atoms with Gasteiger partial charge >= 0.3 is 0 Å². The van der Waals surface area contributed by atoms with Crippen molar-refractivity contribution < 1.29 is 9.53 Å². The molecule has 1 amide bonds. The first-order valence-electron chi connectivity index (χ1n) is 9.58. The summed E-state index contributed by atoms with van der Waals surface area (Å²) in [4.78, 5) is 17.0. The summed E-state index contributed by atoms with van der Waals surface area (Å²) in [6.45, 7) is 6.51. The van der Waals surface area contributed by atoms with Crippen molar-refractivity contribution in [1.82, 2.24) is 10.3 Å². The van der Waals surface area contributed by atoms with Gasteiger partial charge in [0.25, 0.3) is 5.91 Å². The Morgan fingerprint density at radius 3 is 2.79 bits per heavy atom. The van der Waals surface area contributed by atoms with E-state index in [4.69, 9.17) is 4.74 Å². The molecule has 0 saturated heterocycles. The monoisotopic (exact) mass is 372 g/mol. The fraction of sp³-hybridized carbons (Fsp3) is 0.250. The lowest BCUT2D eigenvalue weighted by molar-refractivity contribution is 0.0933. The average Bonchev–Trinajstić information content (AvgIpc) is 3.11. The highest BCUT2D eigenvalue weighted by Crippen LogP contribution is 2.32. The molecule has 28 heavy (non-hydrogen) atoms. The number of ether oxygens (including phenoxy) is 1. The number of amides is 1. The number of aryl methyl sites for hydroxylation is 2. The van der Waals surface area contributed by atoms with Gasteiger partial charge in [0, 0.05) is 23.7 Å². The fourth-order valence-corrected chi connectivity index (χ4v) is 3.53. The van der Waals surface area contributed by atoms with Crippen molar-refractivity contribution in [1.29, 1.82) is 0 Å². The fourth-order valence-electron chi connectivity index (χ4n) is 3.53. The lowest BCUT2D eigenvalue weighted by Crippen LogP contribution is -2.34. The Hall–Kier alpha value is -3.14. The van der Waals surface area contributed by atoms with Gasteiger partial charge in [-0.2, -0.15) is 0 Å². The first-order valence-corrected chi connectivity index (χ1v) is 9.58. The van der Waals surface area contributed by atoms with Crippen LogP contribution in [0, 0.1) is 20.8 Å². The van der Waals surface area contributed by atoms with E-state index in [1.807, 2.05) is 63.4 Å². The van der Waals surface area contributed by atoms with E-state index in [-0.39, 0.29) is 12.0 Å². The second kappa shape index (κ2) is 7.47. The van der Waals surface area contributed by atoms with Crippen LogP contribution in [0.25, 0.3) is 11.3 Å². The van der Waals surface area contributed by atoms with E-state index >= 15 is 0 Å². The maximum Gasteiger partial charge on any atom is 0.251 e. The van der Waals surface area contributed by atoms with Gasteiger partial charge in [0.1, 0.15) is 11.9 Å². The number of carbonyl (C=O) groups excluding carboxylic acids is 1. The van der Waals surface area contributed by atoms with E-state index in [0.717, 1.165) is 51.2 Å². The van der Waals surface area contributed by atoms with Gasteiger partial charge in [-0.1, -0.05) is 18.2 Å². The molecule has 142 valence electrons. The van der Waals surface area contributed by atoms with E-state index in [0.29, 0.717) is 6.54 Å². The molecule has 1 aliphatic heterocycles. The Morgan fingerprint density at radius 1 is 1.14 bits per heavy atom. The lowest BCUT2D eigenvalue weighted by Gasteiger charge is -2.13. The van der Waals surface area contributed by atoms with E-state index in [2.05, 4.69) is 22.4 Å². The molecule has 0 spiro atoms. The number of hydrogen-bond acceptors (Lipinski definition) is 3. The standard InChI is InChI=1S/C24H24N2O2/c1-15-7-9-22(25-13-15)18-8-10-23-19(11-18)12-20(28-23)14-26-24(27)21-6-4-5-16(2)17(21)3/h4-11,13,20H,12,14H2,1-3H3,(H,26,27)/t20-/m0/s1. The molecule has 4 nitrogen and oxygen atoms in total. The molecule has 4 rings (SSSR count). The zero-order valence-electron chi connectivity index (χ0n) is 16.5. The van der Waals surface area contributed by atoms with Crippen LogP contribution in [-0.4, -0.2) is 23.5 Å². The lowest BCUT2D eigenvalue weighted by atomic mass is 10.0. The third-order valence-corrected chi connectivity index (χ3v) is 5.35. The normalized spacial score (nSPS) is 15.0. The highest BCUT2D eigenvalue weighted by molar-refractivity contribution is 5.95. The van der Waals surface area contributed by atoms with Gasteiger partial charge in [-0.05, 0) is 73.4 Å². The molecular weight excluding hydrogens is 348 g/mol. The summed E-state index contributed by atoms with van der Waals surface area (Å²) in [5, 5.41) is 3.02. The minimum absolute atomic E-state index is 0.0506. The summed E-state index contributed by atoms with van der Waals surface area (Å²) < 4.78 is 6.02. The minimum Gasteiger partial charge on any atom is -0.488 e. The Morgan fingerprint density at radius 2 is 2.00 bits per heavy atom. The van der Waals surface area contributed by atoms with Crippen LogP contribution in [0.5, 0.6) is 5.75 Å². The Labute approximate surface area is 165 Å². The number of pyridine rings is 1. The van der Waals surface area contributed by atoms with E-state index in [9.17, 15) is 4.79 Å². The van der Waals surface area contributed by atoms with Crippen LogP contribution in [0.2, 0.25) is 0 Å². The maximum atomic E-state index is 12.5. The molecule has 2 heterocycles. The Balaban J connectivity index is 1.42. The molecule has 1 N–H and O–H groups in total. The molecule has 0 radical (unpaired) electrons. The first-order chi connectivity index (χ1) is 13.5. The molecule has 3 aromatic rings. The summed E-state index contributed by atoms with van der Waals surface area (Å²) in [5.41, 5.74) is 7.21. The van der Waals surface area contributed by atoms with Gasteiger partial charge < -0.3 is 10.1 Å². The van der Waals surface area contributed by atoms with Crippen LogP contribution in [0.4, 0.5) is 0 Å². The van der Waals surface area contributed by atoms with E-state index < -0.39 is 0 Å². The smallest absolute Gasteiger partial charge is 0.251 e. The van der Waals surface area contributed by atoms with E-state index in [1.54, 1.807) is 0 Å². The van der Waals surface area contributed by atoms with Crippen molar-refractivity contribution in [3.63, 3.8) is 0 Å². The summed E-state index contributed by atoms with van der Waals surface area (Å²) in [6.07, 6.45) is 2.61. The van der Waals surface area contributed by atoms with Crippen molar-refractivity contribution in [2.45, 2.75) is 33.3 Å². The molecule has 0 fully saturated rings. The largest absolute Gasteiger partial charge is 0.488 e. The molecule has 2 aromatic carbocycles. The number of nitrogens with one attached hydrogen (secondary N) is 1. The first kappa shape index (κ1) is 18.2. The van der Waals surface area contributed by atoms with Crippen LogP contribution in [-0.2, 0) is 6.42 Å². The molecule has 0 aliphatic carbocycles. The number of aromatic nitrogens is 1. The van der Waals surface area contributed by atoms with Crippen LogP contribution in [0.3, 0.4) is 0 Å². The van der Waals surface area contributed by atoms with Crippen LogP contribution in [0.1, 0.15) is 32.6 Å². The summed E-state index contributed by atoms with van der Waals surface area (Å²) in [6, 6.07) is 16.1. The van der Waals surface area contributed by atoms with Crippen molar-refractivity contribution in [2.75, 3.05) is 6.54 Å². The molecule has 4 heteroatoms. The Kier molecular flexibility index (Phi) is 4.86. The van der Waals surface area contributed by atoms with Crippen LogP contribution < -0.4 is 10.1 Å². The summed E-state index contributed by atoms with van der Waals surface area (Å²) >= 11 is 0. The van der Waals surface area contributed by atoms with Crippen molar-refractivity contribution in [2.24, 2.45) is 0 Å². The predicted octanol–water partition coefficient (Wildman–Crippen LogP) is 4.41. The summed E-state index contributed by atoms with van der Waals surface area (Å²) in [5.74, 6) is 0.840. The van der Waals surface area contributed by atoms with Gasteiger partial charge in [-0.3, -0.25) is 9.78 Å². The number of benzene rings is 2. The quantitative estimate of drug-likeness (QED) is 0.738. The van der Waals surface area contributed by atoms with Gasteiger partial charge in [-0.25, -0.2) is 0 Å². The molecular formula is C24H24N2O2. The van der Waals surface area contributed by atoms with Crippen LogP contribution in [0.15, 0.2) is 54.7 Å². The zero-order valence-corrected chi connectivity index (χ0v) is 16.5. The highest BCUT2D eigenvalue weighted by atomic mass is 16.5. The topological polar surface area (TPSA) is 51.2 Å². The van der Waals surface area contributed by atoms with Gasteiger partial charge in [0.05, 0.1) is 12.2 Å². The molecule has 1 aliphatic rings. The minimum atomic E-state index is -0.0507. The highest BCUT2D eigenvalue weighted by Gasteiger charge is 2.24. The zero-order chi connectivity index (χ0) is 19.7. The maximum absolute atomic E-state index is 12.5. The molecule has 0 unspecified atom stereocenters. The number of nitrogens with zero attached hydrogens (tertiary/aromatic N) is 1. The molecule has 1 aromatic heterocycles. The third-order valence-electron chi connectivity index (χ3n) is 5.35. The van der Waals surface area contributed by atoms with E-state index in [1.165, 1.54) is 0 Å². The molecule has 1 atom stereocenters. The van der Waals surface area contributed by atoms with Crippen molar-refractivity contribution >= 4 is 5.91 Å². The van der Waals surface area contributed by atoms with Crippen LogP contribution >= 0.6 is 0 Å². The number of hydrogen-bond donors (Lipinski definition) is 1. The van der Waals surface area contributed by atoms with Crippen molar-refractivity contribution in [3.8, 4) is 17.0 Å². The number of fused-ring (bicyclic) bond motifs is 1. The van der Waals surface area contributed by atoms with Gasteiger partial charge in [0.2, 0.25) is 0 Å². The molecule has 0 saturated carbocycles. The van der Waals surface area contributed by atoms with Gasteiger partial charge in [-0.15, -0.1) is 0 Å². The van der Waals surface area contributed by atoms with Gasteiger partial charge in [0.15, 0.2) is 0 Å². The average molecular weight is 372 g/mol. The number of rotatable bonds is 4.